The summed E-state index contributed by atoms with van der Waals surface area (Å²) in [6.45, 7) is 7.85. The number of hydrogen-bond acceptors (Lipinski definition) is 2. The van der Waals surface area contributed by atoms with Gasteiger partial charge < -0.3 is 0 Å². The van der Waals surface area contributed by atoms with Gasteiger partial charge in [0, 0.05) is 24.7 Å². The summed E-state index contributed by atoms with van der Waals surface area (Å²) >= 11 is 0. The zero-order valence-corrected chi connectivity index (χ0v) is 9.80. The molecule has 0 aliphatic carbocycles. The molecule has 14 heavy (non-hydrogen) atoms. The van der Waals surface area contributed by atoms with Crippen molar-refractivity contribution in [3.8, 4) is 0 Å². The Labute approximate surface area is 87.1 Å². The van der Waals surface area contributed by atoms with E-state index in [2.05, 4.69) is 0 Å². The van der Waals surface area contributed by atoms with E-state index >= 15 is 0 Å². The highest BCUT2D eigenvalue weighted by molar-refractivity contribution is 5.87. The minimum absolute atomic E-state index is 0.111. The van der Waals surface area contributed by atoms with Gasteiger partial charge in [0.05, 0.1) is 0 Å². The van der Waals surface area contributed by atoms with Crippen LogP contribution < -0.4 is 0 Å². The largest absolute Gasteiger partial charge is 0.299 e. The average molecular weight is 198 g/mol. The Balaban J connectivity index is 3.83. The van der Waals surface area contributed by atoms with Gasteiger partial charge in [-0.3, -0.25) is 9.59 Å². The molecule has 0 saturated carbocycles. The molecule has 2 unspecified atom stereocenters. The second-order valence-corrected chi connectivity index (χ2v) is 4.05. The van der Waals surface area contributed by atoms with Crippen LogP contribution in [0.4, 0.5) is 0 Å². The fourth-order valence-corrected chi connectivity index (χ4v) is 1.19. The average Bonchev–Trinajstić information content (AvgIpc) is 2.22. The van der Waals surface area contributed by atoms with E-state index in [1.807, 2.05) is 27.7 Å². The number of ketones is 2. The molecule has 0 saturated heterocycles. The summed E-state index contributed by atoms with van der Waals surface area (Å²) in [4.78, 5) is 22.9. The SMILES string of the molecule is CCC(C)C(=O)CCC(=O)C(C)CC. The Morgan fingerprint density at radius 2 is 1.14 bits per heavy atom. The van der Waals surface area contributed by atoms with E-state index in [0.29, 0.717) is 12.8 Å². The summed E-state index contributed by atoms with van der Waals surface area (Å²) in [7, 11) is 0. The molecule has 0 bridgehead atoms. The Bertz CT molecular complexity index is 174. The van der Waals surface area contributed by atoms with Crippen LogP contribution in [0.5, 0.6) is 0 Å². The van der Waals surface area contributed by atoms with Crippen LogP contribution in [-0.2, 0) is 9.59 Å². The zero-order valence-electron chi connectivity index (χ0n) is 9.80. The highest BCUT2D eigenvalue weighted by Gasteiger charge is 2.15. The molecular formula is C12H22O2. The maximum atomic E-state index is 11.4. The normalized spacial score (nSPS) is 14.9. The molecule has 82 valence electrons. The number of rotatable bonds is 7. The van der Waals surface area contributed by atoms with Gasteiger partial charge in [-0.2, -0.15) is 0 Å². The van der Waals surface area contributed by atoms with Gasteiger partial charge in [-0.05, 0) is 12.8 Å². The molecule has 0 fully saturated rings. The standard InChI is InChI=1S/C12H22O2/c1-5-9(3)11(13)7-8-12(14)10(4)6-2/h9-10H,5-8H2,1-4H3. The van der Waals surface area contributed by atoms with E-state index in [1.54, 1.807) is 0 Å². The third kappa shape index (κ3) is 4.54. The Morgan fingerprint density at radius 1 is 0.857 bits per heavy atom. The van der Waals surface area contributed by atoms with Crippen LogP contribution in [-0.4, -0.2) is 11.6 Å². The lowest BCUT2D eigenvalue weighted by Crippen LogP contribution is -2.15. The van der Waals surface area contributed by atoms with Gasteiger partial charge in [-0.25, -0.2) is 0 Å². The number of Topliss-reactive ketones (excluding diaryl/α,β-unsaturated/α-hetero) is 2. The van der Waals surface area contributed by atoms with Crippen molar-refractivity contribution < 1.29 is 9.59 Å². The van der Waals surface area contributed by atoms with E-state index in [-0.39, 0.29) is 23.4 Å². The Morgan fingerprint density at radius 3 is 1.36 bits per heavy atom. The van der Waals surface area contributed by atoms with Crippen molar-refractivity contribution in [1.29, 1.82) is 0 Å². The van der Waals surface area contributed by atoms with Crippen LogP contribution in [0.3, 0.4) is 0 Å². The van der Waals surface area contributed by atoms with Gasteiger partial charge in [0.25, 0.3) is 0 Å². The second-order valence-electron chi connectivity index (χ2n) is 4.05. The highest BCUT2D eigenvalue weighted by Crippen LogP contribution is 2.11. The van der Waals surface area contributed by atoms with Gasteiger partial charge in [0.15, 0.2) is 0 Å². The van der Waals surface area contributed by atoms with Crippen molar-refractivity contribution in [2.24, 2.45) is 11.8 Å². The monoisotopic (exact) mass is 198 g/mol. The molecule has 2 atom stereocenters. The molecule has 2 heteroatoms. The van der Waals surface area contributed by atoms with Gasteiger partial charge in [-0.15, -0.1) is 0 Å². The smallest absolute Gasteiger partial charge is 0.136 e. The van der Waals surface area contributed by atoms with Crippen LogP contribution >= 0.6 is 0 Å². The number of carbonyl (C=O) groups excluding carboxylic acids is 2. The van der Waals surface area contributed by atoms with Gasteiger partial charge in [0.1, 0.15) is 11.6 Å². The summed E-state index contributed by atoms with van der Waals surface area (Å²) in [5.41, 5.74) is 0. The predicted molar refractivity (Wildman–Crippen MR) is 58.2 cm³/mol. The third-order valence-corrected chi connectivity index (χ3v) is 2.94. The fourth-order valence-electron chi connectivity index (χ4n) is 1.19. The highest BCUT2D eigenvalue weighted by atomic mass is 16.1. The van der Waals surface area contributed by atoms with Crippen LogP contribution in [0.25, 0.3) is 0 Å². The Kier molecular flexibility index (Phi) is 6.43. The summed E-state index contributed by atoms with van der Waals surface area (Å²) < 4.78 is 0. The fraction of sp³-hybridized carbons (Fsp3) is 0.833. The lowest BCUT2D eigenvalue weighted by molar-refractivity contribution is -0.127. The third-order valence-electron chi connectivity index (χ3n) is 2.94. The molecular weight excluding hydrogens is 176 g/mol. The first kappa shape index (κ1) is 13.3. The van der Waals surface area contributed by atoms with Crippen LogP contribution in [0.1, 0.15) is 53.4 Å². The van der Waals surface area contributed by atoms with E-state index in [4.69, 9.17) is 0 Å². The van der Waals surface area contributed by atoms with Crippen LogP contribution in [0.15, 0.2) is 0 Å². The molecule has 0 rings (SSSR count). The molecule has 0 heterocycles. The minimum Gasteiger partial charge on any atom is -0.299 e. The van der Waals surface area contributed by atoms with Crippen molar-refractivity contribution in [3.05, 3.63) is 0 Å². The molecule has 0 spiro atoms. The first-order chi connectivity index (χ1) is 6.52. The summed E-state index contributed by atoms with van der Waals surface area (Å²) in [6, 6.07) is 0. The lowest BCUT2D eigenvalue weighted by atomic mass is 9.94. The number of hydrogen-bond donors (Lipinski definition) is 0. The second kappa shape index (κ2) is 6.74. The van der Waals surface area contributed by atoms with Crippen LogP contribution in [0, 0.1) is 11.8 Å². The maximum Gasteiger partial charge on any atom is 0.136 e. The van der Waals surface area contributed by atoms with Crippen molar-refractivity contribution in [2.75, 3.05) is 0 Å². The Hall–Kier alpha value is -0.660. The number of carbonyl (C=O) groups is 2. The van der Waals surface area contributed by atoms with E-state index in [9.17, 15) is 9.59 Å². The lowest BCUT2D eigenvalue weighted by Gasteiger charge is -2.09. The molecule has 0 aromatic carbocycles. The molecule has 0 aromatic rings. The minimum atomic E-state index is 0.111. The molecule has 0 aromatic heterocycles. The van der Waals surface area contributed by atoms with Crippen molar-refractivity contribution in [1.82, 2.24) is 0 Å². The van der Waals surface area contributed by atoms with E-state index < -0.39 is 0 Å². The van der Waals surface area contributed by atoms with Crippen molar-refractivity contribution >= 4 is 11.6 Å². The molecule has 2 nitrogen and oxygen atoms in total. The molecule has 0 radical (unpaired) electrons. The molecule has 0 amide bonds. The summed E-state index contributed by atoms with van der Waals surface area (Å²) in [5.74, 6) is 0.674. The molecule has 0 N–H and O–H groups in total. The molecule has 0 aliphatic heterocycles. The van der Waals surface area contributed by atoms with E-state index in [0.717, 1.165) is 12.8 Å². The predicted octanol–water partition coefficient (Wildman–Crippen LogP) is 3.00. The topological polar surface area (TPSA) is 34.1 Å². The summed E-state index contributed by atoms with van der Waals surface area (Å²) in [6.07, 6.45) is 2.60. The summed E-state index contributed by atoms with van der Waals surface area (Å²) in [5, 5.41) is 0. The van der Waals surface area contributed by atoms with Crippen molar-refractivity contribution in [3.63, 3.8) is 0 Å². The quantitative estimate of drug-likeness (QED) is 0.630. The van der Waals surface area contributed by atoms with Gasteiger partial charge in [0.2, 0.25) is 0 Å². The first-order valence-corrected chi connectivity index (χ1v) is 5.58. The first-order valence-electron chi connectivity index (χ1n) is 5.58. The maximum absolute atomic E-state index is 11.4. The van der Waals surface area contributed by atoms with Crippen molar-refractivity contribution in [2.45, 2.75) is 53.4 Å². The van der Waals surface area contributed by atoms with Crippen LogP contribution in [0.2, 0.25) is 0 Å². The van der Waals surface area contributed by atoms with Gasteiger partial charge in [-0.1, -0.05) is 27.7 Å². The molecule has 0 aliphatic rings. The zero-order chi connectivity index (χ0) is 11.1. The van der Waals surface area contributed by atoms with E-state index in [1.165, 1.54) is 0 Å². The van der Waals surface area contributed by atoms with Gasteiger partial charge >= 0.3 is 0 Å².